The van der Waals surface area contributed by atoms with Crippen molar-refractivity contribution in [2.75, 3.05) is 0 Å². The molecule has 1 rings (SSSR count). The van der Waals surface area contributed by atoms with Crippen LogP contribution in [-0.2, 0) is 0 Å². The van der Waals surface area contributed by atoms with Crippen molar-refractivity contribution in [1.29, 1.82) is 0 Å². The van der Waals surface area contributed by atoms with Crippen LogP contribution in [0, 0.1) is 0 Å². The molecule has 1 aliphatic carbocycles. The molecule has 2 heteroatoms. The van der Waals surface area contributed by atoms with E-state index in [1.807, 2.05) is 0 Å². The van der Waals surface area contributed by atoms with Crippen molar-refractivity contribution >= 4 is 0 Å². The van der Waals surface area contributed by atoms with E-state index >= 15 is 0 Å². The maximum atomic E-state index is 10.6. The van der Waals surface area contributed by atoms with Crippen LogP contribution < -0.4 is 5.11 Å². The van der Waals surface area contributed by atoms with Crippen molar-refractivity contribution in [3.05, 3.63) is 0 Å². The first kappa shape index (κ1) is 6.05. The van der Waals surface area contributed by atoms with Crippen molar-refractivity contribution in [2.24, 2.45) is 0 Å². The fourth-order valence-electron chi connectivity index (χ4n) is 1.08. The summed E-state index contributed by atoms with van der Waals surface area (Å²) in [5, 5.41) is 19.5. The summed E-state index contributed by atoms with van der Waals surface area (Å²) in [7, 11) is 0. The first-order chi connectivity index (χ1) is 3.80. The minimum Gasteiger partial charge on any atom is -0.850 e. The molecule has 1 fully saturated rings. The molecule has 0 aromatic heterocycles. The van der Waals surface area contributed by atoms with Crippen LogP contribution in [0.4, 0.5) is 0 Å². The van der Waals surface area contributed by atoms with Crippen LogP contribution in [0.1, 0.15) is 25.7 Å². The van der Waals surface area contributed by atoms with Crippen molar-refractivity contribution in [2.45, 2.75) is 37.9 Å². The van der Waals surface area contributed by atoms with E-state index in [-0.39, 0.29) is 0 Å². The van der Waals surface area contributed by atoms with Crippen LogP contribution in [0.3, 0.4) is 0 Å². The zero-order chi connectivity index (χ0) is 5.98. The standard InChI is InChI=1S/C6H11O2/c7-5-3-1-2-4-6(5)8/h5-7H,1-4H2/q-1. The second-order valence-electron chi connectivity index (χ2n) is 2.39. The maximum Gasteiger partial charge on any atom is 0.0416 e. The van der Waals surface area contributed by atoms with Crippen molar-refractivity contribution in [3.63, 3.8) is 0 Å². The molecule has 2 nitrogen and oxygen atoms in total. The molecule has 1 saturated carbocycles. The van der Waals surface area contributed by atoms with Gasteiger partial charge in [-0.2, -0.15) is 0 Å². The Morgan fingerprint density at radius 1 is 1.25 bits per heavy atom. The lowest BCUT2D eigenvalue weighted by Gasteiger charge is -2.32. The Labute approximate surface area is 49.1 Å². The molecule has 48 valence electrons. The highest BCUT2D eigenvalue weighted by atomic mass is 16.3. The summed E-state index contributed by atoms with van der Waals surface area (Å²) in [6, 6.07) is 0. The van der Waals surface area contributed by atoms with Gasteiger partial charge < -0.3 is 10.2 Å². The number of aliphatic hydroxyl groups is 1. The van der Waals surface area contributed by atoms with E-state index < -0.39 is 12.2 Å². The molecule has 1 N–H and O–H groups in total. The molecule has 0 saturated heterocycles. The number of rotatable bonds is 0. The molecule has 0 bridgehead atoms. The largest absolute Gasteiger partial charge is 0.850 e. The SMILES string of the molecule is [O-]C1CCCCC1O. The Kier molecular flexibility index (Phi) is 1.86. The first-order valence-electron chi connectivity index (χ1n) is 3.14. The lowest BCUT2D eigenvalue weighted by Crippen LogP contribution is -2.40. The molecule has 0 heterocycles. The predicted octanol–water partition coefficient (Wildman–Crippen LogP) is -0.350. The van der Waals surface area contributed by atoms with E-state index in [0.29, 0.717) is 12.8 Å². The molecule has 0 amide bonds. The summed E-state index contributed by atoms with van der Waals surface area (Å²) in [6.45, 7) is 0. The van der Waals surface area contributed by atoms with Gasteiger partial charge in [0.1, 0.15) is 0 Å². The highest BCUT2D eigenvalue weighted by Crippen LogP contribution is 2.15. The average molecular weight is 115 g/mol. The van der Waals surface area contributed by atoms with E-state index in [1.165, 1.54) is 0 Å². The van der Waals surface area contributed by atoms with E-state index in [9.17, 15) is 5.11 Å². The normalized spacial score (nSPS) is 39.8. The zero-order valence-corrected chi connectivity index (χ0v) is 4.84. The van der Waals surface area contributed by atoms with E-state index in [1.54, 1.807) is 0 Å². The Hall–Kier alpha value is -0.0800. The van der Waals surface area contributed by atoms with Crippen LogP contribution in [-0.4, -0.2) is 17.3 Å². The van der Waals surface area contributed by atoms with Crippen LogP contribution in [0.2, 0.25) is 0 Å². The van der Waals surface area contributed by atoms with Crippen LogP contribution in [0.5, 0.6) is 0 Å². The van der Waals surface area contributed by atoms with Gasteiger partial charge >= 0.3 is 0 Å². The van der Waals surface area contributed by atoms with Gasteiger partial charge in [-0.15, -0.1) is 0 Å². The summed E-state index contributed by atoms with van der Waals surface area (Å²) < 4.78 is 0. The summed E-state index contributed by atoms with van der Waals surface area (Å²) >= 11 is 0. The Morgan fingerprint density at radius 3 is 2.25 bits per heavy atom. The van der Waals surface area contributed by atoms with Gasteiger partial charge in [-0.1, -0.05) is 25.4 Å². The van der Waals surface area contributed by atoms with Gasteiger partial charge in [-0.25, -0.2) is 0 Å². The van der Waals surface area contributed by atoms with Gasteiger partial charge in [0.25, 0.3) is 0 Å². The fourth-order valence-corrected chi connectivity index (χ4v) is 1.08. The fraction of sp³-hybridized carbons (Fsp3) is 1.00. The topological polar surface area (TPSA) is 43.3 Å². The third-order valence-electron chi connectivity index (χ3n) is 1.67. The molecule has 2 unspecified atom stereocenters. The summed E-state index contributed by atoms with van der Waals surface area (Å²) in [4.78, 5) is 0. The van der Waals surface area contributed by atoms with Gasteiger partial charge in [0.15, 0.2) is 0 Å². The third-order valence-corrected chi connectivity index (χ3v) is 1.67. The van der Waals surface area contributed by atoms with E-state index in [2.05, 4.69) is 0 Å². The van der Waals surface area contributed by atoms with Gasteiger partial charge in [0.2, 0.25) is 0 Å². The Balaban J connectivity index is 2.28. The first-order valence-corrected chi connectivity index (χ1v) is 3.14. The van der Waals surface area contributed by atoms with Gasteiger partial charge in [0.05, 0.1) is 0 Å². The smallest absolute Gasteiger partial charge is 0.0416 e. The molecule has 8 heavy (non-hydrogen) atoms. The molecule has 2 atom stereocenters. The molecular weight excluding hydrogens is 104 g/mol. The molecule has 1 aliphatic rings. The average Bonchev–Trinajstić information content (AvgIpc) is 1.77. The quantitative estimate of drug-likeness (QED) is 0.469. The number of hydrogen-bond acceptors (Lipinski definition) is 2. The van der Waals surface area contributed by atoms with Crippen molar-refractivity contribution in [3.8, 4) is 0 Å². The molecule has 0 spiro atoms. The second kappa shape index (κ2) is 2.46. The lowest BCUT2D eigenvalue weighted by atomic mass is 9.95. The van der Waals surface area contributed by atoms with Crippen LogP contribution >= 0.6 is 0 Å². The Morgan fingerprint density at radius 2 is 1.88 bits per heavy atom. The Bertz CT molecular complexity index is 62.9. The minimum atomic E-state index is -0.691. The third kappa shape index (κ3) is 1.20. The number of hydrogen-bond donors (Lipinski definition) is 1. The maximum absolute atomic E-state index is 10.6. The predicted molar refractivity (Wildman–Crippen MR) is 28.3 cm³/mol. The molecule has 0 aliphatic heterocycles. The van der Waals surface area contributed by atoms with Crippen LogP contribution in [0.15, 0.2) is 0 Å². The lowest BCUT2D eigenvalue weighted by molar-refractivity contribution is -0.442. The summed E-state index contributed by atoms with van der Waals surface area (Å²) in [6.07, 6.45) is 2.17. The highest BCUT2D eigenvalue weighted by molar-refractivity contribution is 4.70. The monoisotopic (exact) mass is 115 g/mol. The van der Waals surface area contributed by atoms with Crippen molar-refractivity contribution in [1.82, 2.24) is 0 Å². The molecule has 0 aromatic carbocycles. The zero-order valence-electron chi connectivity index (χ0n) is 4.84. The summed E-state index contributed by atoms with van der Waals surface area (Å²) in [5.41, 5.74) is 0. The highest BCUT2D eigenvalue weighted by Gasteiger charge is 2.12. The number of aliphatic hydroxyl groups excluding tert-OH is 1. The van der Waals surface area contributed by atoms with E-state index in [0.717, 1.165) is 12.8 Å². The minimum absolute atomic E-state index is 0.552. The summed E-state index contributed by atoms with van der Waals surface area (Å²) in [5.74, 6) is 0. The second-order valence-corrected chi connectivity index (χ2v) is 2.39. The van der Waals surface area contributed by atoms with Crippen molar-refractivity contribution < 1.29 is 10.2 Å². The van der Waals surface area contributed by atoms with Gasteiger partial charge in [0, 0.05) is 6.10 Å². The molecule has 0 radical (unpaired) electrons. The van der Waals surface area contributed by atoms with Crippen LogP contribution in [0.25, 0.3) is 0 Å². The van der Waals surface area contributed by atoms with E-state index in [4.69, 9.17) is 5.11 Å². The van der Waals surface area contributed by atoms with Gasteiger partial charge in [-0.05, 0) is 6.42 Å². The molecular formula is C6H11O2-. The van der Waals surface area contributed by atoms with Gasteiger partial charge in [-0.3, -0.25) is 0 Å². The molecule has 0 aromatic rings.